The molecule has 0 heterocycles. The molecule has 1 atom stereocenters. The van der Waals surface area contributed by atoms with Crippen LogP contribution in [0.25, 0.3) is 0 Å². The third kappa shape index (κ3) is 4.42. The Morgan fingerprint density at radius 3 is 2.67 bits per heavy atom. The molecule has 0 saturated carbocycles. The molecule has 7 nitrogen and oxygen atoms in total. The van der Waals surface area contributed by atoms with Crippen LogP contribution >= 0.6 is 0 Å². The van der Waals surface area contributed by atoms with Crippen molar-refractivity contribution < 1.29 is 19.2 Å². The largest absolute Gasteiger partial charge is 0.493 e. The molecule has 0 saturated heterocycles. The minimum absolute atomic E-state index is 0.0250. The third-order valence-corrected chi connectivity index (χ3v) is 3.13. The summed E-state index contributed by atoms with van der Waals surface area (Å²) in [6.45, 7) is 2.12. The van der Waals surface area contributed by atoms with Crippen molar-refractivity contribution >= 4 is 12.0 Å². The molecular weight excluding hydrogens is 276 g/mol. The summed E-state index contributed by atoms with van der Waals surface area (Å²) in [5.74, 6) is 0.742. The lowest BCUT2D eigenvalue weighted by molar-refractivity contribution is -0.385. The van der Waals surface area contributed by atoms with Crippen molar-refractivity contribution in [2.45, 2.75) is 25.8 Å². The van der Waals surface area contributed by atoms with E-state index in [1.165, 1.54) is 13.2 Å². The maximum atomic E-state index is 11.2. The molecule has 21 heavy (non-hydrogen) atoms. The molecular formula is C14H20N2O5. The van der Waals surface area contributed by atoms with Gasteiger partial charge in [0.25, 0.3) is 5.69 Å². The highest BCUT2D eigenvalue weighted by atomic mass is 16.6. The highest BCUT2D eigenvalue weighted by Gasteiger charge is 2.22. The van der Waals surface area contributed by atoms with Crippen LogP contribution in [0.15, 0.2) is 12.1 Å². The van der Waals surface area contributed by atoms with Crippen molar-refractivity contribution in [3.05, 3.63) is 27.8 Å². The molecule has 1 unspecified atom stereocenters. The molecule has 0 bridgehead atoms. The Kier molecular flexibility index (Phi) is 6.61. The van der Waals surface area contributed by atoms with E-state index in [4.69, 9.17) is 9.47 Å². The van der Waals surface area contributed by atoms with Gasteiger partial charge in [0.1, 0.15) is 6.29 Å². The van der Waals surface area contributed by atoms with E-state index in [0.29, 0.717) is 36.5 Å². The molecule has 1 aromatic rings. The molecule has 1 aromatic carbocycles. The van der Waals surface area contributed by atoms with Crippen LogP contribution in [0.1, 0.15) is 31.4 Å². The first-order valence-electron chi connectivity index (χ1n) is 6.65. The standard InChI is InChI=1S/C14H20N2O5/c1-10(15-2)11-8-13(20-3)14(9-12(11)16(18)19)21-7-5-4-6-17/h6,8-10,15H,4-5,7H2,1-3H3. The van der Waals surface area contributed by atoms with Gasteiger partial charge in [-0.3, -0.25) is 10.1 Å². The minimum Gasteiger partial charge on any atom is -0.493 e. The molecule has 0 aliphatic carbocycles. The van der Waals surface area contributed by atoms with Crippen molar-refractivity contribution in [2.75, 3.05) is 20.8 Å². The monoisotopic (exact) mass is 296 g/mol. The number of nitrogens with zero attached hydrogens (tertiary/aromatic N) is 1. The number of hydrogen-bond donors (Lipinski definition) is 1. The van der Waals surface area contributed by atoms with Gasteiger partial charge in [0.05, 0.1) is 30.3 Å². The van der Waals surface area contributed by atoms with Crippen LogP contribution in [-0.2, 0) is 4.79 Å². The zero-order chi connectivity index (χ0) is 15.8. The number of aldehydes is 1. The lowest BCUT2D eigenvalue weighted by Crippen LogP contribution is -2.14. The predicted octanol–water partition coefficient (Wildman–Crippen LogP) is 2.24. The Balaban J connectivity index is 3.10. The summed E-state index contributed by atoms with van der Waals surface area (Å²) in [7, 11) is 3.21. The second-order valence-electron chi connectivity index (χ2n) is 4.49. The van der Waals surface area contributed by atoms with E-state index in [1.54, 1.807) is 13.1 Å². The van der Waals surface area contributed by atoms with Crippen molar-refractivity contribution in [3.63, 3.8) is 0 Å². The van der Waals surface area contributed by atoms with Crippen LogP contribution in [0.4, 0.5) is 5.69 Å². The summed E-state index contributed by atoms with van der Waals surface area (Å²) in [5.41, 5.74) is 0.502. The molecule has 0 fully saturated rings. The highest BCUT2D eigenvalue weighted by Crippen LogP contribution is 2.37. The fraction of sp³-hybridized carbons (Fsp3) is 0.500. The molecule has 0 radical (unpaired) electrons. The first-order valence-corrected chi connectivity index (χ1v) is 6.65. The predicted molar refractivity (Wildman–Crippen MR) is 77.9 cm³/mol. The summed E-state index contributed by atoms with van der Waals surface area (Å²) >= 11 is 0. The Hall–Kier alpha value is -2.15. The Morgan fingerprint density at radius 1 is 1.43 bits per heavy atom. The average Bonchev–Trinajstić information content (AvgIpc) is 2.49. The molecule has 1 N–H and O–H groups in total. The molecule has 7 heteroatoms. The van der Waals surface area contributed by atoms with E-state index in [9.17, 15) is 14.9 Å². The number of rotatable bonds is 9. The molecule has 0 aliphatic rings. The van der Waals surface area contributed by atoms with Gasteiger partial charge in [-0.15, -0.1) is 0 Å². The topological polar surface area (TPSA) is 90.7 Å². The van der Waals surface area contributed by atoms with Gasteiger partial charge in [-0.25, -0.2) is 0 Å². The fourth-order valence-corrected chi connectivity index (χ4v) is 1.85. The Bertz CT molecular complexity index is 504. The van der Waals surface area contributed by atoms with Crippen LogP contribution in [0, 0.1) is 10.1 Å². The van der Waals surface area contributed by atoms with Crippen LogP contribution in [0.2, 0.25) is 0 Å². The van der Waals surface area contributed by atoms with Crippen LogP contribution in [-0.4, -0.2) is 32.0 Å². The zero-order valence-electron chi connectivity index (χ0n) is 12.4. The first-order chi connectivity index (χ1) is 10.0. The van der Waals surface area contributed by atoms with E-state index in [-0.39, 0.29) is 11.7 Å². The number of ether oxygens (including phenoxy) is 2. The van der Waals surface area contributed by atoms with Gasteiger partial charge in [-0.05, 0) is 26.5 Å². The van der Waals surface area contributed by atoms with Crippen LogP contribution < -0.4 is 14.8 Å². The van der Waals surface area contributed by atoms with Gasteiger partial charge < -0.3 is 19.6 Å². The van der Waals surface area contributed by atoms with Gasteiger partial charge in [-0.2, -0.15) is 0 Å². The van der Waals surface area contributed by atoms with E-state index in [2.05, 4.69) is 5.32 Å². The molecule has 1 rings (SSSR count). The van der Waals surface area contributed by atoms with Crippen molar-refractivity contribution in [1.29, 1.82) is 0 Å². The van der Waals surface area contributed by atoms with Gasteiger partial charge >= 0.3 is 0 Å². The normalized spacial score (nSPS) is 11.8. The number of hydrogen-bond acceptors (Lipinski definition) is 6. The van der Waals surface area contributed by atoms with E-state index < -0.39 is 4.92 Å². The van der Waals surface area contributed by atoms with E-state index >= 15 is 0 Å². The maximum Gasteiger partial charge on any atom is 0.278 e. The second-order valence-corrected chi connectivity index (χ2v) is 4.49. The number of unbranched alkanes of at least 4 members (excludes halogenated alkanes) is 1. The van der Waals surface area contributed by atoms with Crippen molar-refractivity contribution in [1.82, 2.24) is 5.32 Å². The average molecular weight is 296 g/mol. The number of benzene rings is 1. The first kappa shape index (κ1) is 16.9. The van der Waals surface area contributed by atoms with Crippen molar-refractivity contribution in [2.24, 2.45) is 0 Å². The van der Waals surface area contributed by atoms with Crippen molar-refractivity contribution in [3.8, 4) is 11.5 Å². The van der Waals surface area contributed by atoms with Gasteiger partial charge in [0.15, 0.2) is 11.5 Å². The second kappa shape index (κ2) is 8.21. The molecule has 0 aromatic heterocycles. The fourth-order valence-electron chi connectivity index (χ4n) is 1.85. The summed E-state index contributed by atoms with van der Waals surface area (Å²) in [5, 5.41) is 14.2. The van der Waals surface area contributed by atoms with Crippen LogP contribution in [0.5, 0.6) is 11.5 Å². The smallest absolute Gasteiger partial charge is 0.278 e. The zero-order valence-corrected chi connectivity index (χ0v) is 12.4. The molecule has 0 aliphatic heterocycles. The maximum absolute atomic E-state index is 11.2. The number of nitro benzene ring substituents is 1. The molecule has 0 amide bonds. The quantitative estimate of drug-likeness (QED) is 0.325. The lowest BCUT2D eigenvalue weighted by Gasteiger charge is -2.15. The number of methoxy groups -OCH3 is 1. The van der Waals surface area contributed by atoms with E-state index in [1.807, 2.05) is 6.92 Å². The number of carbonyl (C=O) groups excluding carboxylic acids is 1. The summed E-state index contributed by atoms with van der Waals surface area (Å²) in [6.07, 6.45) is 1.75. The highest BCUT2D eigenvalue weighted by molar-refractivity contribution is 5.55. The van der Waals surface area contributed by atoms with Gasteiger partial charge in [0, 0.05) is 12.5 Å². The Morgan fingerprint density at radius 2 is 2.14 bits per heavy atom. The SMILES string of the molecule is CNC(C)c1cc(OC)c(OCCCC=O)cc1[N+](=O)[O-]. The number of carbonyl (C=O) groups is 1. The number of nitrogens with one attached hydrogen (secondary N) is 1. The summed E-state index contributed by atoms with van der Waals surface area (Å²) < 4.78 is 10.7. The molecule has 0 spiro atoms. The summed E-state index contributed by atoms with van der Waals surface area (Å²) in [6, 6.07) is 2.78. The van der Waals surface area contributed by atoms with Gasteiger partial charge in [0.2, 0.25) is 0 Å². The lowest BCUT2D eigenvalue weighted by atomic mass is 10.1. The summed E-state index contributed by atoms with van der Waals surface area (Å²) in [4.78, 5) is 21.0. The third-order valence-electron chi connectivity index (χ3n) is 3.13. The van der Waals surface area contributed by atoms with Gasteiger partial charge in [-0.1, -0.05) is 0 Å². The molecule has 116 valence electrons. The van der Waals surface area contributed by atoms with E-state index in [0.717, 1.165) is 6.29 Å². The van der Waals surface area contributed by atoms with Crippen LogP contribution in [0.3, 0.4) is 0 Å². The minimum atomic E-state index is -0.444. The number of nitro groups is 1. The Labute approximate surface area is 123 Å².